The van der Waals surface area contributed by atoms with Crippen molar-refractivity contribution in [2.24, 2.45) is 0 Å². The Bertz CT molecular complexity index is 364. The fraction of sp³-hybridized carbons (Fsp3) is 0.571. The second kappa shape index (κ2) is 3.96. The first-order chi connectivity index (χ1) is 6.46. The smallest absolute Gasteiger partial charge is 0.401 e. The highest BCUT2D eigenvalue weighted by atomic mass is 32.3. The van der Waals surface area contributed by atoms with Crippen LogP contribution in [-0.4, -0.2) is 33.2 Å². The van der Waals surface area contributed by atoms with Gasteiger partial charge in [0.2, 0.25) is 6.10 Å². The molecule has 78 valence electrons. The van der Waals surface area contributed by atoms with Gasteiger partial charge in [-0.3, -0.25) is 0 Å². The second-order valence-corrected chi connectivity index (χ2v) is 3.74. The third-order valence-electron chi connectivity index (χ3n) is 1.45. The number of hydrogen-bond acceptors (Lipinski definition) is 6. The molecule has 0 saturated carbocycles. The van der Waals surface area contributed by atoms with E-state index in [9.17, 15) is 13.2 Å². The van der Waals surface area contributed by atoms with Crippen molar-refractivity contribution in [2.45, 2.75) is 19.1 Å². The number of rotatable bonds is 2. The molecule has 1 aliphatic rings. The van der Waals surface area contributed by atoms with Gasteiger partial charge in [-0.25, -0.2) is 13.2 Å². The van der Waals surface area contributed by atoms with E-state index >= 15 is 0 Å². The highest BCUT2D eigenvalue weighted by Crippen LogP contribution is 2.20. The van der Waals surface area contributed by atoms with Gasteiger partial charge in [-0.05, 0) is 6.92 Å². The molecule has 7 heteroatoms. The van der Waals surface area contributed by atoms with Crippen LogP contribution in [-0.2, 0) is 28.3 Å². The Morgan fingerprint density at radius 2 is 2.21 bits per heavy atom. The van der Waals surface area contributed by atoms with Gasteiger partial charge in [-0.1, -0.05) is 5.92 Å². The van der Waals surface area contributed by atoms with Crippen molar-refractivity contribution in [3.63, 3.8) is 0 Å². The van der Waals surface area contributed by atoms with Crippen molar-refractivity contribution in [1.82, 2.24) is 0 Å². The molecule has 0 aromatic carbocycles. The molecule has 1 aliphatic heterocycles. The molecule has 14 heavy (non-hydrogen) atoms. The summed E-state index contributed by atoms with van der Waals surface area (Å²) in [4.78, 5) is 11.1. The first-order valence-electron chi connectivity index (χ1n) is 3.68. The van der Waals surface area contributed by atoms with Crippen molar-refractivity contribution >= 4 is 16.4 Å². The minimum absolute atomic E-state index is 0.231. The molecule has 0 spiro atoms. The highest BCUT2D eigenvalue weighted by Gasteiger charge is 2.43. The Labute approximate surface area is 81.5 Å². The second-order valence-electron chi connectivity index (χ2n) is 2.54. The van der Waals surface area contributed by atoms with Crippen molar-refractivity contribution in [3.8, 4) is 12.3 Å². The molecule has 2 atom stereocenters. The van der Waals surface area contributed by atoms with Crippen LogP contribution in [0.5, 0.6) is 0 Å². The number of carbonyl (C=O) groups is 1. The van der Waals surface area contributed by atoms with E-state index in [2.05, 4.69) is 19.0 Å². The normalized spacial score (nSPS) is 29.4. The standard InChI is InChI=1S/C7H8O6S/c1-3-4-11-7(8)6-5(2)12-14(9,10)13-6/h1,5-6H,4H2,2H3. The lowest BCUT2D eigenvalue weighted by Crippen LogP contribution is -2.31. The number of terminal acetylenes is 1. The van der Waals surface area contributed by atoms with E-state index in [4.69, 9.17) is 6.42 Å². The number of hydrogen-bond donors (Lipinski definition) is 0. The van der Waals surface area contributed by atoms with Crippen molar-refractivity contribution in [1.29, 1.82) is 0 Å². The molecule has 1 rings (SSSR count). The zero-order chi connectivity index (χ0) is 10.8. The first kappa shape index (κ1) is 11.0. The number of esters is 1. The van der Waals surface area contributed by atoms with E-state index in [1.165, 1.54) is 6.92 Å². The van der Waals surface area contributed by atoms with E-state index in [-0.39, 0.29) is 6.61 Å². The zero-order valence-corrected chi connectivity index (χ0v) is 8.11. The fourth-order valence-corrected chi connectivity index (χ4v) is 1.90. The van der Waals surface area contributed by atoms with Crippen LogP contribution in [0.3, 0.4) is 0 Å². The molecule has 1 fully saturated rings. The summed E-state index contributed by atoms with van der Waals surface area (Å²) >= 11 is 0. The lowest BCUT2D eigenvalue weighted by Gasteiger charge is -2.07. The number of carbonyl (C=O) groups excluding carboxylic acids is 1. The summed E-state index contributed by atoms with van der Waals surface area (Å²) in [6, 6.07) is 0. The van der Waals surface area contributed by atoms with Gasteiger partial charge in [0, 0.05) is 0 Å². The van der Waals surface area contributed by atoms with Crippen molar-refractivity contribution < 1.29 is 26.3 Å². The Morgan fingerprint density at radius 3 is 2.64 bits per heavy atom. The van der Waals surface area contributed by atoms with Crippen molar-refractivity contribution in [3.05, 3.63) is 0 Å². The van der Waals surface area contributed by atoms with Crippen LogP contribution in [0, 0.1) is 12.3 Å². The van der Waals surface area contributed by atoms with Crippen LogP contribution < -0.4 is 0 Å². The summed E-state index contributed by atoms with van der Waals surface area (Å²) < 4.78 is 34.7. The molecule has 2 unspecified atom stereocenters. The largest absolute Gasteiger partial charge is 0.450 e. The van der Waals surface area contributed by atoms with Crippen LogP contribution in [0.1, 0.15) is 6.92 Å². The summed E-state index contributed by atoms with van der Waals surface area (Å²) in [5.41, 5.74) is 0. The lowest BCUT2D eigenvalue weighted by atomic mass is 10.2. The third kappa shape index (κ3) is 2.45. The maximum atomic E-state index is 11.1. The summed E-state index contributed by atoms with van der Waals surface area (Å²) in [7, 11) is -4.07. The minimum Gasteiger partial charge on any atom is -0.450 e. The van der Waals surface area contributed by atoms with Gasteiger partial charge in [-0.2, -0.15) is 8.42 Å². The predicted molar refractivity (Wildman–Crippen MR) is 44.1 cm³/mol. The summed E-state index contributed by atoms with van der Waals surface area (Å²) in [5.74, 6) is 1.22. The molecule has 0 aliphatic carbocycles. The quantitative estimate of drug-likeness (QED) is 0.448. The topological polar surface area (TPSA) is 78.9 Å². The summed E-state index contributed by atoms with van der Waals surface area (Å²) in [5, 5.41) is 0. The minimum atomic E-state index is -4.07. The van der Waals surface area contributed by atoms with Crippen molar-refractivity contribution in [2.75, 3.05) is 6.61 Å². The summed E-state index contributed by atoms with van der Waals surface area (Å²) in [6.07, 6.45) is 2.68. The average Bonchev–Trinajstić information content (AvgIpc) is 2.35. The molecule has 0 aromatic heterocycles. The monoisotopic (exact) mass is 220 g/mol. The molecule has 0 aromatic rings. The molecular formula is C7H8O6S. The number of ether oxygens (including phenoxy) is 1. The van der Waals surface area contributed by atoms with Crippen LogP contribution in [0.15, 0.2) is 0 Å². The van der Waals surface area contributed by atoms with Gasteiger partial charge >= 0.3 is 16.4 Å². The van der Waals surface area contributed by atoms with E-state index in [1.807, 2.05) is 0 Å². The third-order valence-corrected chi connectivity index (χ3v) is 2.43. The maximum Gasteiger partial charge on any atom is 0.401 e. The summed E-state index contributed by atoms with van der Waals surface area (Å²) in [6.45, 7) is 1.15. The zero-order valence-electron chi connectivity index (χ0n) is 7.30. The van der Waals surface area contributed by atoms with Gasteiger partial charge in [0.05, 0.1) is 0 Å². The average molecular weight is 220 g/mol. The van der Waals surface area contributed by atoms with Crippen LogP contribution in [0.25, 0.3) is 0 Å². The van der Waals surface area contributed by atoms with Gasteiger partial charge in [0.1, 0.15) is 6.10 Å². The lowest BCUT2D eigenvalue weighted by molar-refractivity contribution is -0.151. The maximum absolute atomic E-state index is 11.1. The van der Waals surface area contributed by atoms with Crippen LogP contribution >= 0.6 is 0 Å². The highest BCUT2D eigenvalue weighted by molar-refractivity contribution is 7.82. The van der Waals surface area contributed by atoms with E-state index < -0.39 is 28.6 Å². The molecule has 0 radical (unpaired) electrons. The Hall–Kier alpha value is -1.10. The fourth-order valence-electron chi connectivity index (χ4n) is 0.890. The van der Waals surface area contributed by atoms with Crippen LogP contribution in [0.2, 0.25) is 0 Å². The molecule has 6 nitrogen and oxygen atoms in total. The van der Waals surface area contributed by atoms with Gasteiger partial charge < -0.3 is 4.74 Å². The van der Waals surface area contributed by atoms with E-state index in [0.717, 1.165) is 0 Å². The van der Waals surface area contributed by atoms with E-state index in [0.29, 0.717) is 0 Å². The van der Waals surface area contributed by atoms with E-state index in [1.54, 1.807) is 0 Å². The molecule has 0 bridgehead atoms. The molecule has 0 N–H and O–H groups in total. The SMILES string of the molecule is C#CCOC(=O)C1OS(=O)(=O)OC1C. The molecule has 0 amide bonds. The molecular weight excluding hydrogens is 212 g/mol. The molecule has 1 heterocycles. The Kier molecular flexibility index (Phi) is 3.10. The van der Waals surface area contributed by atoms with Crippen LogP contribution in [0.4, 0.5) is 0 Å². The van der Waals surface area contributed by atoms with Gasteiger partial charge in [0.15, 0.2) is 6.61 Å². The Balaban J connectivity index is 2.63. The molecule has 1 saturated heterocycles. The van der Waals surface area contributed by atoms with Gasteiger partial charge in [-0.15, -0.1) is 6.42 Å². The Morgan fingerprint density at radius 1 is 1.57 bits per heavy atom. The predicted octanol–water partition coefficient (Wildman–Crippen LogP) is -0.788. The van der Waals surface area contributed by atoms with Gasteiger partial charge in [0.25, 0.3) is 0 Å². The first-order valence-corrected chi connectivity index (χ1v) is 5.01.